The maximum Gasteiger partial charge on any atom is 0.416 e. The van der Waals surface area contributed by atoms with E-state index in [1.165, 1.54) is 12.1 Å². The van der Waals surface area contributed by atoms with E-state index in [0.29, 0.717) is 11.7 Å². The normalized spacial score (nSPS) is 12.8. The largest absolute Gasteiger partial charge is 0.486 e. The second kappa shape index (κ2) is 8.51. The van der Waals surface area contributed by atoms with Crippen LogP contribution in [0.15, 0.2) is 78.9 Å². The minimum absolute atomic E-state index is 0.0796. The van der Waals surface area contributed by atoms with Crippen LogP contribution in [-0.2, 0) is 6.18 Å². The molecule has 28 heavy (non-hydrogen) atoms. The van der Waals surface area contributed by atoms with Crippen LogP contribution >= 0.6 is 0 Å². The fourth-order valence-electron chi connectivity index (χ4n) is 3.11. The van der Waals surface area contributed by atoms with Crippen molar-refractivity contribution in [2.75, 3.05) is 0 Å². The van der Waals surface area contributed by atoms with E-state index in [2.05, 4.69) is 13.8 Å². The summed E-state index contributed by atoms with van der Waals surface area (Å²) in [5, 5.41) is 0. The zero-order valence-corrected chi connectivity index (χ0v) is 15.9. The number of rotatable bonds is 6. The van der Waals surface area contributed by atoms with Gasteiger partial charge < -0.3 is 4.74 Å². The summed E-state index contributed by atoms with van der Waals surface area (Å²) in [4.78, 5) is 0. The summed E-state index contributed by atoms with van der Waals surface area (Å²) >= 11 is 0. The zero-order chi connectivity index (χ0) is 20.1. The lowest BCUT2D eigenvalue weighted by Crippen LogP contribution is -2.10. The molecule has 0 aliphatic carbocycles. The highest BCUT2D eigenvalue weighted by atomic mass is 19.4. The molecule has 0 radical (unpaired) electrons. The molecule has 0 spiro atoms. The second-order valence-corrected chi connectivity index (χ2v) is 7.25. The average molecular weight is 384 g/mol. The molecule has 4 heteroatoms. The van der Waals surface area contributed by atoms with Crippen molar-refractivity contribution in [3.63, 3.8) is 0 Å². The molecule has 0 aliphatic heterocycles. The molecular formula is C24H23F3O. The van der Waals surface area contributed by atoms with E-state index in [9.17, 15) is 13.2 Å². The van der Waals surface area contributed by atoms with Gasteiger partial charge in [-0.05, 0) is 53.3 Å². The third-order valence-electron chi connectivity index (χ3n) is 4.51. The standard InChI is InChI=1S/C24H23F3O/c1-17(2)15-23(19-7-4-3-5-8-19)28-22-10-6-9-20(16-22)18-11-13-21(14-12-18)24(25,26)27/h3-14,16-17,23H,15H2,1-2H3. The zero-order valence-electron chi connectivity index (χ0n) is 15.9. The number of hydrogen-bond donors (Lipinski definition) is 0. The van der Waals surface area contributed by atoms with Crippen LogP contribution in [0.5, 0.6) is 5.75 Å². The summed E-state index contributed by atoms with van der Waals surface area (Å²) in [5.41, 5.74) is 2.00. The van der Waals surface area contributed by atoms with Crippen LogP contribution in [0, 0.1) is 5.92 Å². The lowest BCUT2D eigenvalue weighted by Gasteiger charge is -2.22. The van der Waals surface area contributed by atoms with Crippen molar-refractivity contribution in [2.24, 2.45) is 5.92 Å². The molecule has 0 N–H and O–H groups in total. The van der Waals surface area contributed by atoms with Crippen molar-refractivity contribution in [3.8, 4) is 16.9 Å². The Kier molecular flexibility index (Phi) is 6.08. The molecule has 0 aliphatic rings. The van der Waals surface area contributed by atoms with Gasteiger partial charge in [0.2, 0.25) is 0 Å². The van der Waals surface area contributed by atoms with Gasteiger partial charge in [-0.2, -0.15) is 13.2 Å². The van der Waals surface area contributed by atoms with Gasteiger partial charge in [0.25, 0.3) is 0 Å². The van der Waals surface area contributed by atoms with Crippen molar-refractivity contribution in [1.29, 1.82) is 0 Å². The molecule has 146 valence electrons. The van der Waals surface area contributed by atoms with Gasteiger partial charge in [0.15, 0.2) is 0 Å². The Bertz CT molecular complexity index is 884. The van der Waals surface area contributed by atoms with Crippen molar-refractivity contribution < 1.29 is 17.9 Å². The molecule has 1 atom stereocenters. The molecule has 1 unspecified atom stereocenters. The summed E-state index contributed by atoms with van der Waals surface area (Å²) in [6.07, 6.45) is -3.54. The highest BCUT2D eigenvalue weighted by Crippen LogP contribution is 2.33. The van der Waals surface area contributed by atoms with Gasteiger partial charge in [0, 0.05) is 0 Å². The van der Waals surface area contributed by atoms with Crippen molar-refractivity contribution in [1.82, 2.24) is 0 Å². The Morgan fingerprint density at radius 3 is 2.07 bits per heavy atom. The smallest absolute Gasteiger partial charge is 0.416 e. The van der Waals surface area contributed by atoms with Crippen LogP contribution in [0.4, 0.5) is 13.2 Å². The molecule has 0 amide bonds. The number of hydrogen-bond acceptors (Lipinski definition) is 1. The average Bonchev–Trinajstić information content (AvgIpc) is 2.67. The summed E-state index contributed by atoms with van der Waals surface area (Å²) in [5.74, 6) is 1.16. The number of halogens is 3. The van der Waals surface area contributed by atoms with Gasteiger partial charge in [0.1, 0.15) is 11.9 Å². The van der Waals surface area contributed by atoms with Crippen LogP contribution in [0.25, 0.3) is 11.1 Å². The minimum atomic E-state index is -4.33. The van der Waals surface area contributed by atoms with Crippen LogP contribution in [0.2, 0.25) is 0 Å². The third kappa shape index (κ3) is 5.16. The van der Waals surface area contributed by atoms with Crippen LogP contribution in [0.3, 0.4) is 0 Å². The predicted molar refractivity (Wildman–Crippen MR) is 106 cm³/mol. The maximum absolute atomic E-state index is 12.8. The highest BCUT2D eigenvalue weighted by Gasteiger charge is 2.30. The first-order chi connectivity index (χ1) is 13.3. The first-order valence-electron chi connectivity index (χ1n) is 9.32. The number of ether oxygens (including phenoxy) is 1. The summed E-state index contributed by atoms with van der Waals surface area (Å²) in [6.45, 7) is 4.30. The highest BCUT2D eigenvalue weighted by molar-refractivity contribution is 5.65. The monoisotopic (exact) mass is 384 g/mol. The molecule has 3 aromatic carbocycles. The van der Waals surface area contributed by atoms with Crippen LogP contribution < -0.4 is 4.74 Å². The van der Waals surface area contributed by atoms with Crippen LogP contribution in [-0.4, -0.2) is 0 Å². The summed E-state index contributed by atoms with van der Waals surface area (Å²) < 4.78 is 44.6. The van der Waals surface area contributed by atoms with E-state index < -0.39 is 11.7 Å². The minimum Gasteiger partial charge on any atom is -0.486 e. The fraction of sp³-hybridized carbons (Fsp3) is 0.250. The molecule has 0 heterocycles. The molecular weight excluding hydrogens is 361 g/mol. The van der Waals surface area contributed by atoms with E-state index in [4.69, 9.17) is 4.74 Å². The Hall–Kier alpha value is -2.75. The first-order valence-corrected chi connectivity index (χ1v) is 9.32. The molecule has 3 aromatic rings. The third-order valence-corrected chi connectivity index (χ3v) is 4.51. The van der Waals surface area contributed by atoms with E-state index in [-0.39, 0.29) is 6.10 Å². The van der Waals surface area contributed by atoms with Crippen molar-refractivity contribution >= 4 is 0 Å². The van der Waals surface area contributed by atoms with Gasteiger partial charge in [-0.1, -0.05) is 68.4 Å². The van der Waals surface area contributed by atoms with E-state index >= 15 is 0 Å². The van der Waals surface area contributed by atoms with Crippen LogP contribution in [0.1, 0.15) is 37.5 Å². The predicted octanol–water partition coefficient (Wildman–Crippen LogP) is 7.54. The number of alkyl halides is 3. The Labute approximate surface area is 163 Å². The molecule has 0 saturated carbocycles. The first kappa shape index (κ1) is 20.0. The van der Waals surface area contributed by atoms with E-state index in [0.717, 1.165) is 35.2 Å². The van der Waals surface area contributed by atoms with E-state index in [1.807, 2.05) is 54.6 Å². The molecule has 0 aromatic heterocycles. The topological polar surface area (TPSA) is 9.23 Å². The fourth-order valence-corrected chi connectivity index (χ4v) is 3.11. The molecule has 0 fully saturated rings. The van der Waals surface area contributed by atoms with Gasteiger partial charge in [-0.25, -0.2) is 0 Å². The van der Waals surface area contributed by atoms with Crippen molar-refractivity contribution in [3.05, 3.63) is 90.0 Å². The maximum atomic E-state index is 12.8. The van der Waals surface area contributed by atoms with E-state index in [1.54, 1.807) is 0 Å². The number of benzene rings is 3. The van der Waals surface area contributed by atoms with Crippen molar-refractivity contribution in [2.45, 2.75) is 32.5 Å². The lowest BCUT2D eigenvalue weighted by atomic mass is 9.99. The molecule has 0 bridgehead atoms. The molecule has 1 nitrogen and oxygen atoms in total. The molecule has 3 rings (SSSR count). The van der Waals surface area contributed by atoms with Gasteiger partial charge in [-0.3, -0.25) is 0 Å². The van der Waals surface area contributed by atoms with Gasteiger partial charge >= 0.3 is 6.18 Å². The van der Waals surface area contributed by atoms with Gasteiger partial charge in [0.05, 0.1) is 5.56 Å². The lowest BCUT2D eigenvalue weighted by molar-refractivity contribution is -0.137. The summed E-state index contributed by atoms with van der Waals surface area (Å²) in [6, 6.07) is 22.7. The Morgan fingerprint density at radius 1 is 0.786 bits per heavy atom. The Morgan fingerprint density at radius 2 is 1.46 bits per heavy atom. The quantitative estimate of drug-likeness (QED) is 0.426. The SMILES string of the molecule is CC(C)CC(Oc1cccc(-c2ccc(C(F)(F)F)cc2)c1)c1ccccc1. The molecule has 0 saturated heterocycles. The Balaban J connectivity index is 1.84. The van der Waals surface area contributed by atoms with Gasteiger partial charge in [-0.15, -0.1) is 0 Å². The summed E-state index contributed by atoms with van der Waals surface area (Å²) in [7, 11) is 0. The second-order valence-electron chi connectivity index (χ2n) is 7.25.